The highest BCUT2D eigenvalue weighted by molar-refractivity contribution is 5.79. The van der Waals surface area contributed by atoms with Crippen molar-refractivity contribution in [3.8, 4) is 0 Å². The van der Waals surface area contributed by atoms with Crippen LogP contribution in [0.4, 0.5) is 4.39 Å². The molecule has 1 fully saturated rings. The fourth-order valence-electron chi connectivity index (χ4n) is 1.92. The third-order valence-corrected chi connectivity index (χ3v) is 2.81. The van der Waals surface area contributed by atoms with Crippen molar-refractivity contribution in [2.45, 2.75) is 19.8 Å². The highest BCUT2D eigenvalue weighted by atomic mass is 19.1. The molecule has 4 nitrogen and oxygen atoms in total. The molecule has 0 amide bonds. The summed E-state index contributed by atoms with van der Waals surface area (Å²) in [5.74, 6) is 1.46. The first-order chi connectivity index (χ1) is 8.27. The summed E-state index contributed by atoms with van der Waals surface area (Å²) in [7, 11) is 2.02. The zero-order valence-electron chi connectivity index (χ0n) is 10.9. The van der Waals surface area contributed by atoms with Crippen molar-refractivity contribution in [3.63, 3.8) is 0 Å². The lowest BCUT2D eigenvalue weighted by atomic mass is 10.1. The van der Waals surface area contributed by atoms with Crippen LogP contribution in [0.2, 0.25) is 0 Å². The Balaban J connectivity index is 2.40. The summed E-state index contributed by atoms with van der Waals surface area (Å²) in [5, 5.41) is 3.23. The Bertz CT molecular complexity index is 230. The molecule has 1 aliphatic rings. The van der Waals surface area contributed by atoms with Crippen molar-refractivity contribution in [2.75, 3.05) is 46.6 Å². The van der Waals surface area contributed by atoms with Gasteiger partial charge in [-0.05, 0) is 19.8 Å². The molecule has 1 atom stereocenters. The van der Waals surface area contributed by atoms with E-state index in [-0.39, 0.29) is 6.67 Å². The van der Waals surface area contributed by atoms with Gasteiger partial charge in [-0.1, -0.05) is 0 Å². The van der Waals surface area contributed by atoms with E-state index in [2.05, 4.69) is 15.2 Å². The first-order valence-corrected chi connectivity index (χ1v) is 6.41. The quantitative estimate of drug-likeness (QED) is 0.435. The van der Waals surface area contributed by atoms with Crippen molar-refractivity contribution in [1.82, 2.24) is 10.2 Å². The summed E-state index contributed by atoms with van der Waals surface area (Å²) in [6.45, 7) is 5.77. The topological polar surface area (TPSA) is 36.9 Å². The molecular formula is C12H24FN3O. The normalized spacial score (nSPS) is 20.6. The van der Waals surface area contributed by atoms with Crippen LogP contribution in [0.5, 0.6) is 0 Å². The average molecular weight is 245 g/mol. The highest BCUT2D eigenvalue weighted by Crippen LogP contribution is 2.13. The third-order valence-electron chi connectivity index (χ3n) is 2.81. The summed E-state index contributed by atoms with van der Waals surface area (Å²) in [6.07, 6.45) is 1.61. The van der Waals surface area contributed by atoms with E-state index in [9.17, 15) is 4.39 Å². The monoisotopic (exact) mass is 245 g/mol. The van der Waals surface area contributed by atoms with E-state index < -0.39 is 0 Å². The standard InChI is InChI=1S/C12H24FN3O/c1-3-14-12(15-7-4-6-13)16(2)9-11-5-8-17-10-11/h11H,3-10H2,1-2H3,(H,14,15). The Hall–Kier alpha value is -0.840. The molecule has 0 aromatic rings. The zero-order chi connectivity index (χ0) is 12.5. The Morgan fingerprint density at radius 3 is 3.00 bits per heavy atom. The van der Waals surface area contributed by atoms with Crippen LogP contribution >= 0.6 is 0 Å². The van der Waals surface area contributed by atoms with E-state index in [4.69, 9.17) is 4.74 Å². The molecule has 5 heteroatoms. The minimum atomic E-state index is -0.302. The Kier molecular flexibility index (Phi) is 6.93. The second kappa shape index (κ2) is 8.28. The number of nitrogens with one attached hydrogen (secondary N) is 1. The molecule has 1 rings (SSSR count). The fraction of sp³-hybridized carbons (Fsp3) is 0.917. The van der Waals surface area contributed by atoms with E-state index in [0.717, 1.165) is 38.7 Å². The molecule has 1 unspecified atom stereocenters. The lowest BCUT2D eigenvalue weighted by molar-refractivity contribution is 0.181. The predicted octanol–water partition coefficient (Wildman–Crippen LogP) is 1.28. The van der Waals surface area contributed by atoms with E-state index in [1.807, 2.05) is 14.0 Å². The highest BCUT2D eigenvalue weighted by Gasteiger charge is 2.18. The Morgan fingerprint density at radius 1 is 1.59 bits per heavy atom. The van der Waals surface area contributed by atoms with Crippen LogP contribution in [-0.4, -0.2) is 57.4 Å². The number of nitrogens with zero attached hydrogens (tertiary/aromatic N) is 2. The summed E-state index contributed by atoms with van der Waals surface area (Å²) >= 11 is 0. The van der Waals surface area contributed by atoms with Gasteiger partial charge < -0.3 is 15.0 Å². The summed E-state index contributed by atoms with van der Waals surface area (Å²) in [5.41, 5.74) is 0. The van der Waals surface area contributed by atoms with Gasteiger partial charge in [-0.2, -0.15) is 0 Å². The summed E-state index contributed by atoms with van der Waals surface area (Å²) in [4.78, 5) is 6.51. The van der Waals surface area contributed by atoms with Gasteiger partial charge in [-0.15, -0.1) is 0 Å². The Morgan fingerprint density at radius 2 is 2.41 bits per heavy atom. The summed E-state index contributed by atoms with van der Waals surface area (Å²) in [6, 6.07) is 0. The van der Waals surface area contributed by atoms with Crippen LogP contribution in [0.15, 0.2) is 4.99 Å². The molecule has 0 aromatic heterocycles. The molecule has 0 aliphatic carbocycles. The molecule has 0 aromatic carbocycles. The molecule has 1 saturated heterocycles. The van der Waals surface area contributed by atoms with E-state index in [1.54, 1.807) is 0 Å². The second-order valence-corrected chi connectivity index (χ2v) is 4.39. The minimum absolute atomic E-state index is 0.302. The molecule has 17 heavy (non-hydrogen) atoms. The van der Waals surface area contributed by atoms with Crippen LogP contribution < -0.4 is 5.32 Å². The lowest BCUT2D eigenvalue weighted by Crippen LogP contribution is -2.41. The van der Waals surface area contributed by atoms with Crippen molar-refractivity contribution in [2.24, 2.45) is 10.9 Å². The van der Waals surface area contributed by atoms with Gasteiger partial charge in [0, 0.05) is 39.2 Å². The smallest absolute Gasteiger partial charge is 0.193 e. The van der Waals surface area contributed by atoms with Crippen molar-refractivity contribution >= 4 is 5.96 Å². The van der Waals surface area contributed by atoms with Gasteiger partial charge >= 0.3 is 0 Å². The van der Waals surface area contributed by atoms with Crippen LogP contribution in [0.1, 0.15) is 19.8 Å². The number of aliphatic imine (C=N–C) groups is 1. The maximum absolute atomic E-state index is 12.0. The van der Waals surface area contributed by atoms with Crippen LogP contribution in [0.3, 0.4) is 0 Å². The number of hydrogen-bond acceptors (Lipinski definition) is 2. The number of ether oxygens (including phenoxy) is 1. The van der Waals surface area contributed by atoms with Gasteiger partial charge in [0.15, 0.2) is 5.96 Å². The molecule has 100 valence electrons. The number of rotatable bonds is 6. The van der Waals surface area contributed by atoms with E-state index in [0.29, 0.717) is 18.9 Å². The fourth-order valence-corrected chi connectivity index (χ4v) is 1.92. The van der Waals surface area contributed by atoms with Crippen molar-refractivity contribution in [1.29, 1.82) is 0 Å². The first-order valence-electron chi connectivity index (χ1n) is 6.41. The average Bonchev–Trinajstić information content (AvgIpc) is 2.81. The van der Waals surface area contributed by atoms with Crippen molar-refractivity contribution < 1.29 is 9.13 Å². The Labute approximate surface area is 103 Å². The zero-order valence-corrected chi connectivity index (χ0v) is 10.9. The molecule has 0 spiro atoms. The SMILES string of the molecule is CCNC(=NCCCF)N(C)CC1CCOC1. The van der Waals surface area contributed by atoms with Crippen LogP contribution in [-0.2, 0) is 4.74 Å². The van der Waals surface area contributed by atoms with Gasteiger partial charge in [0.2, 0.25) is 0 Å². The maximum atomic E-state index is 12.0. The number of hydrogen-bond donors (Lipinski definition) is 1. The maximum Gasteiger partial charge on any atom is 0.193 e. The minimum Gasteiger partial charge on any atom is -0.381 e. The molecule has 1 aliphatic heterocycles. The van der Waals surface area contributed by atoms with Crippen LogP contribution in [0.25, 0.3) is 0 Å². The number of alkyl halides is 1. The largest absolute Gasteiger partial charge is 0.381 e. The molecule has 1 N–H and O–H groups in total. The lowest BCUT2D eigenvalue weighted by Gasteiger charge is -2.24. The first kappa shape index (κ1) is 14.2. The number of halogens is 1. The molecular weight excluding hydrogens is 221 g/mol. The number of guanidine groups is 1. The second-order valence-electron chi connectivity index (χ2n) is 4.39. The van der Waals surface area contributed by atoms with Gasteiger partial charge in [0.1, 0.15) is 0 Å². The van der Waals surface area contributed by atoms with Crippen molar-refractivity contribution in [3.05, 3.63) is 0 Å². The van der Waals surface area contributed by atoms with E-state index >= 15 is 0 Å². The van der Waals surface area contributed by atoms with Gasteiger partial charge in [-0.25, -0.2) is 0 Å². The molecule has 0 radical (unpaired) electrons. The third kappa shape index (κ3) is 5.35. The van der Waals surface area contributed by atoms with Crippen LogP contribution in [0, 0.1) is 5.92 Å². The van der Waals surface area contributed by atoms with Gasteiger partial charge in [0.05, 0.1) is 13.3 Å². The van der Waals surface area contributed by atoms with E-state index in [1.165, 1.54) is 0 Å². The van der Waals surface area contributed by atoms with Gasteiger partial charge in [0.25, 0.3) is 0 Å². The van der Waals surface area contributed by atoms with Gasteiger partial charge in [-0.3, -0.25) is 9.38 Å². The summed E-state index contributed by atoms with van der Waals surface area (Å²) < 4.78 is 17.4. The molecule has 0 saturated carbocycles. The predicted molar refractivity (Wildman–Crippen MR) is 68.1 cm³/mol. The molecule has 0 bridgehead atoms. The molecule has 1 heterocycles.